The third kappa shape index (κ3) is 5.70. The van der Waals surface area contributed by atoms with E-state index in [-0.39, 0.29) is 0 Å². The van der Waals surface area contributed by atoms with Crippen molar-refractivity contribution in [3.63, 3.8) is 0 Å². The van der Waals surface area contributed by atoms with Gasteiger partial charge in [0.15, 0.2) is 17.5 Å². The monoisotopic (exact) mass is 782 g/mol. The van der Waals surface area contributed by atoms with E-state index in [0.29, 0.717) is 17.5 Å². The fourth-order valence-corrected chi connectivity index (χ4v) is 10.00. The van der Waals surface area contributed by atoms with Gasteiger partial charge in [0, 0.05) is 58.9 Å². The Labute approximate surface area is 350 Å². The lowest BCUT2D eigenvalue weighted by Gasteiger charge is -2.16. The lowest BCUT2D eigenvalue weighted by atomic mass is 9.96. The molecule has 280 valence electrons. The molecule has 0 amide bonds. The van der Waals surface area contributed by atoms with Crippen LogP contribution >= 0.6 is 11.3 Å². The average Bonchev–Trinajstić information content (AvgIpc) is 3.86. The van der Waals surface area contributed by atoms with Gasteiger partial charge in [0.25, 0.3) is 0 Å². The van der Waals surface area contributed by atoms with Crippen LogP contribution in [0.3, 0.4) is 0 Å². The summed E-state index contributed by atoms with van der Waals surface area (Å²) in [5.74, 6) is 1.88. The Morgan fingerprint density at radius 2 is 0.917 bits per heavy atom. The molecule has 0 aliphatic heterocycles. The summed E-state index contributed by atoms with van der Waals surface area (Å²) in [5.41, 5.74) is 10.7. The molecule has 0 atom stereocenters. The van der Waals surface area contributed by atoms with Crippen molar-refractivity contribution < 1.29 is 0 Å². The van der Waals surface area contributed by atoms with Gasteiger partial charge >= 0.3 is 0 Å². The fourth-order valence-electron chi connectivity index (χ4n) is 8.77. The van der Waals surface area contributed by atoms with E-state index < -0.39 is 0 Å². The summed E-state index contributed by atoms with van der Waals surface area (Å²) in [4.78, 5) is 15.7. The number of thiophene rings is 1. The van der Waals surface area contributed by atoms with Gasteiger partial charge in [-0.25, -0.2) is 15.0 Å². The lowest BCUT2D eigenvalue weighted by Crippen LogP contribution is -2.02. The van der Waals surface area contributed by atoms with Crippen molar-refractivity contribution in [2.75, 3.05) is 0 Å². The zero-order chi connectivity index (χ0) is 39.6. The maximum absolute atomic E-state index is 5.31. The van der Waals surface area contributed by atoms with E-state index in [1.165, 1.54) is 52.8 Å². The number of aromatic nitrogens is 4. The van der Waals surface area contributed by atoms with E-state index in [9.17, 15) is 0 Å². The average molecular weight is 783 g/mol. The first-order valence-electron chi connectivity index (χ1n) is 20.2. The molecule has 0 spiro atoms. The van der Waals surface area contributed by atoms with Crippen LogP contribution in [-0.2, 0) is 0 Å². The van der Waals surface area contributed by atoms with E-state index in [4.69, 9.17) is 15.0 Å². The van der Waals surface area contributed by atoms with E-state index >= 15 is 0 Å². The predicted octanol–water partition coefficient (Wildman–Crippen LogP) is 14.8. The Morgan fingerprint density at radius 3 is 1.70 bits per heavy atom. The van der Waals surface area contributed by atoms with Crippen molar-refractivity contribution in [1.82, 2.24) is 19.5 Å². The van der Waals surface area contributed by atoms with Crippen molar-refractivity contribution in [3.8, 4) is 62.1 Å². The summed E-state index contributed by atoms with van der Waals surface area (Å²) in [6.07, 6.45) is 0. The second-order valence-electron chi connectivity index (χ2n) is 15.2. The van der Waals surface area contributed by atoms with Crippen LogP contribution in [0.2, 0.25) is 0 Å². The Kier molecular flexibility index (Phi) is 8.00. The van der Waals surface area contributed by atoms with Crippen LogP contribution in [0.5, 0.6) is 0 Å². The third-order valence-electron chi connectivity index (χ3n) is 11.7. The van der Waals surface area contributed by atoms with Crippen molar-refractivity contribution in [2.45, 2.75) is 0 Å². The van der Waals surface area contributed by atoms with Crippen LogP contribution in [0.25, 0.3) is 115 Å². The van der Waals surface area contributed by atoms with Gasteiger partial charge in [0.2, 0.25) is 0 Å². The minimum absolute atomic E-state index is 0.624. The molecule has 3 heterocycles. The summed E-state index contributed by atoms with van der Waals surface area (Å²) >= 11 is 1.84. The quantitative estimate of drug-likeness (QED) is 0.169. The highest BCUT2D eigenvalue weighted by Crippen LogP contribution is 2.44. The van der Waals surface area contributed by atoms with Gasteiger partial charge in [-0.15, -0.1) is 11.3 Å². The fraction of sp³-hybridized carbons (Fsp3) is 0. The van der Waals surface area contributed by atoms with Crippen LogP contribution in [0.15, 0.2) is 206 Å². The first-order valence-corrected chi connectivity index (χ1v) is 21.0. The molecular weight excluding hydrogens is 749 g/mol. The zero-order valence-corrected chi connectivity index (χ0v) is 33.1. The molecule has 60 heavy (non-hydrogen) atoms. The summed E-state index contributed by atoms with van der Waals surface area (Å²) in [5, 5.41) is 7.41. The molecule has 0 saturated heterocycles. The van der Waals surface area contributed by atoms with Crippen LogP contribution < -0.4 is 0 Å². The molecular formula is C55H34N4S. The first-order chi connectivity index (χ1) is 29.7. The minimum Gasteiger partial charge on any atom is -0.309 e. The number of rotatable bonds is 6. The topological polar surface area (TPSA) is 43.6 Å². The molecule has 0 aliphatic rings. The smallest absolute Gasteiger partial charge is 0.164 e. The number of para-hydroxylation sites is 1. The summed E-state index contributed by atoms with van der Waals surface area (Å²) in [6, 6.07) is 73.4. The third-order valence-corrected chi connectivity index (χ3v) is 12.9. The minimum atomic E-state index is 0.624. The van der Waals surface area contributed by atoms with Crippen LogP contribution in [0, 0.1) is 0 Å². The molecule has 12 rings (SSSR count). The van der Waals surface area contributed by atoms with Gasteiger partial charge in [-0.05, 0) is 69.9 Å². The second-order valence-corrected chi connectivity index (χ2v) is 16.2. The molecule has 0 unspecified atom stereocenters. The Morgan fingerprint density at radius 1 is 0.333 bits per heavy atom. The standard InChI is InChI=1S/C55H34N4S/c1-3-14-35(15-4-1)36-26-28-38(29-27-36)54-56-53(37-16-5-2-6-17-37)57-55(58-54)46-31-30-41(34-47(46)45-23-13-22-44-43-21-10-12-25-51(43)60-52(44)45)59-49-24-11-9-20-42(49)48-32-39-18-7-8-19-40(39)33-50(48)59/h1-34H. The number of hydrogen-bond donors (Lipinski definition) is 0. The molecule has 0 aliphatic carbocycles. The van der Waals surface area contributed by atoms with Gasteiger partial charge in [0.1, 0.15) is 0 Å². The normalized spacial score (nSPS) is 11.7. The largest absolute Gasteiger partial charge is 0.309 e. The molecule has 9 aromatic carbocycles. The maximum Gasteiger partial charge on any atom is 0.164 e. The molecule has 0 N–H and O–H groups in total. The maximum atomic E-state index is 5.31. The molecule has 5 heteroatoms. The molecule has 0 radical (unpaired) electrons. The SMILES string of the molecule is c1ccc(-c2ccc(-c3nc(-c4ccccc4)nc(-c4ccc(-n5c6ccccc6c6cc7ccccc7cc65)cc4-c4cccc5c4sc4ccccc45)n3)cc2)cc1. The van der Waals surface area contributed by atoms with Crippen molar-refractivity contribution in [1.29, 1.82) is 0 Å². The van der Waals surface area contributed by atoms with Gasteiger partial charge in [-0.2, -0.15) is 0 Å². The highest BCUT2D eigenvalue weighted by atomic mass is 32.1. The van der Waals surface area contributed by atoms with E-state index in [1.807, 2.05) is 35.6 Å². The Bertz CT molecular complexity index is 3590. The lowest BCUT2D eigenvalue weighted by molar-refractivity contribution is 1.07. The molecule has 12 aromatic rings. The van der Waals surface area contributed by atoms with E-state index in [2.05, 4.69) is 187 Å². The zero-order valence-electron chi connectivity index (χ0n) is 32.3. The summed E-state index contributed by atoms with van der Waals surface area (Å²) in [6.45, 7) is 0. The van der Waals surface area contributed by atoms with Gasteiger partial charge in [0.05, 0.1) is 11.0 Å². The van der Waals surface area contributed by atoms with Crippen LogP contribution in [0.4, 0.5) is 0 Å². The first kappa shape index (κ1) is 34.3. The molecule has 4 nitrogen and oxygen atoms in total. The highest BCUT2D eigenvalue weighted by Gasteiger charge is 2.21. The van der Waals surface area contributed by atoms with Crippen molar-refractivity contribution in [2.24, 2.45) is 0 Å². The Balaban J connectivity index is 1.12. The van der Waals surface area contributed by atoms with Crippen molar-refractivity contribution >= 4 is 64.1 Å². The Hall–Kier alpha value is -7.73. The van der Waals surface area contributed by atoms with Gasteiger partial charge in [-0.3, -0.25) is 0 Å². The van der Waals surface area contributed by atoms with Gasteiger partial charge in [-0.1, -0.05) is 164 Å². The molecule has 0 bridgehead atoms. The number of benzene rings is 9. The van der Waals surface area contributed by atoms with Gasteiger partial charge < -0.3 is 4.57 Å². The van der Waals surface area contributed by atoms with E-state index in [1.54, 1.807) is 0 Å². The molecule has 3 aromatic heterocycles. The predicted molar refractivity (Wildman–Crippen MR) is 252 cm³/mol. The van der Waals surface area contributed by atoms with E-state index in [0.717, 1.165) is 44.6 Å². The molecule has 0 fully saturated rings. The number of hydrogen-bond acceptors (Lipinski definition) is 4. The van der Waals surface area contributed by atoms with Crippen LogP contribution in [0.1, 0.15) is 0 Å². The number of fused-ring (bicyclic) bond motifs is 7. The highest BCUT2D eigenvalue weighted by molar-refractivity contribution is 7.26. The number of nitrogens with zero attached hydrogens (tertiary/aromatic N) is 4. The summed E-state index contributed by atoms with van der Waals surface area (Å²) in [7, 11) is 0. The van der Waals surface area contributed by atoms with Crippen LogP contribution in [-0.4, -0.2) is 19.5 Å². The summed E-state index contributed by atoms with van der Waals surface area (Å²) < 4.78 is 4.91. The second kappa shape index (κ2) is 14.0. The van der Waals surface area contributed by atoms with Crippen molar-refractivity contribution in [3.05, 3.63) is 206 Å². The molecule has 0 saturated carbocycles.